The van der Waals surface area contributed by atoms with Gasteiger partial charge < -0.3 is 14.9 Å². The minimum absolute atomic E-state index is 0.138. The van der Waals surface area contributed by atoms with E-state index in [2.05, 4.69) is 0 Å². The van der Waals surface area contributed by atoms with E-state index in [-0.39, 0.29) is 12.0 Å². The van der Waals surface area contributed by atoms with E-state index in [1.807, 2.05) is 6.92 Å². The van der Waals surface area contributed by atoms with Gasteiger partial charge in [-0.3, -0.25) is 0 Å². The molecule has 0 aromatic rings. The van der Waals surface area contributed by atoms with Crippen LogP contribution in [-0.2, 0) is 4.74 Å². The Balaban J connectivity index is 2.49. The van der Waals surface area contributed by atoms with E-state index in [9.17, 15) is 5.11 Å². The third-order valence-electron chi connectivity index (χ3n) is 2.01. The summed E-state index contributed by atoms with van der Waals surface area (Å²) in [6, 6.07) is 0. The third-order valence-corrected chi connectivity index (χ3v) is 2.01. The van der Waals surface area contributed by atoms with Crippen molar-refractivity contribution < 1.29 is 14.9 Å². The normalized spacial score (nSPS) is 49.2. The first kappa shape index (κ1) is 7.98. The quantitative estimate of drug-likeness (QED) is 0.510. The van der Waals surface area contributed by atoms with Crippen molar-refractivity contribution in [3.8, 4) is 0 Å². The van der Waals surface area contributed by atoms with Gasteiger partial charge in [0.25, 0.3) is 0 Å². The van der Waals surface area contributed by atoms with Crippen LogP contribution in [0.5, 0.6) is 0 Å². The molecule has 0 unspecified atom stereocenters. The van der Waals surface area contributed by atoms with E-state index in [0.29, 0.717) is 6.42 Å². The van der Waals surface area contributed by atoms with Gasteiger partial charge >= 0.3 is 0 Å². The smallest absolute Gasteiger partial charge is 0.155 e. The van der Waals surface area contributed by atoms with Gasteiger partial charge in [-0.25, -0.2) is 0 Å². The molecule has 3 heteroatoms. The Morgan fingerprint density at radius 2 is 1.90 bits per heavy atom. The lowest BCUT2D eigenvalue weighted by Gasteiger charge is -2.33. The fraction of sp³-hybridized carbons (Fsp3) is 1.00. The minimum Gasteiger partial charge on any atom is -0.390 e. The van der Waals surface area contributed by atoms with Gasteiger partial charge in [0.05, 0.1) is 12.2 Å². The molecule has 0 aromatic carbocycles. The molecular formula is C7H14O3. The number of aliphatic hydroxyl groups is 2. The summed E-state index contributed by atoms with van der Waals surface area (Å²) in [6.07, 6.45) is -0.818. The summed E-state index contributed by atoms with van der Waals surface area (Å²) in [5.41, 5.74) is 0. The van der Waals surface area contributed by atoms with Crippen LogP contribution >= 0.6 is 0 Å². The van der Waals surface area contributed by atoms with Gasteiger partial charge in [-0.2, -0.15) is 0 Å². The maximum atomic E-state index is 9.33. The van der Waals surface area contributed by atoms with Crippen molar-refractivity contribution >= 4 is 0 Å². The highest BCUT2D eigenvalue weighted by Crippen LogP contribution is 2.23. The molecule has 0 aliphatic carbocycles. The summed E-state index contributed by atoms with van der Waals surface area (Å²) in [5.74, 6) is 0.138. The molecule has 0 saturated carbocycles. The van der Waals surface area contributed by atoms with Gasteiger partial charge in [0.15, 0.2) is 6.29 Å². The highest BCUT2D eigenvalue weighted by atomic mass is 16.6. The largest absolute Gasteiger partial charge is 0.390 e. The van der Waals surface area contributed by atoms with Crippen molar-refractivity contribution in [1.82, 2.24) is 0 Å². The fourth-order valence-electron chi connectivity index (χ4n) is 1.30. The number of aliphatic hydroxyl groups excluding tert-OH is 2. The SMILES string of the molecule is C[C@H]1C[C@@H](O)O[C@H](C)[C@@H]1O. The molecule has 1 fully saturated rings. The zero-order chi connectivity index (χ0) is 7.72. The minimum atomic E-state index is -0.687. The molecule has 4 atom stereocenters. The van der Waals surface area contributed by atoms with Crippen molar-refractivity contribution in [2.75, 3.05) is 0 Å². The Bertz CT molecular complexity index is 103. The van der Waals surface area contributed by atoms with Gasteiger partial charge in [0.2, 0.25) is 0 Å². The van der Waals surface area contributed by atoms with Crippen LogP contribution in [0.4, 0.5) is 0 Å². The average Bonchev–Trinajstić information content (AvgIpc) is 1.82. The lowest BCUT2D eigenvalue weighted by atomic mass is 9.94. The lowest BCUT2D eigenvalue weighted by molar-refractivity contribution is -0.209. The molecule has 1 aliphatic heterocycles. The molecule has 10 heavy (non-hydrogen) atoms. The molecule has 0 bridgehead atoms. The fourth-order valence-corrected chi connectivity index (χ4v) is 1.30. The lowest BCUT2D eigenvalue weighted by Crippen LogP contribution is -2.42. The van der Waals surface area contributed by atoms with E-state index in [4.69, 9.17) is 9.84 Å². The first-order chi connectivity index (χ1) is 4.61. The van der Waals surface area contributed by atoms with Crippen molar-refractivity contribution in [2.24, 2.45) is 5.92 Å². The van der Waals surface area contributed by atoms with Crippen molar-refractivity contribution in [3.63, 3.8) is 0 Å². The van der Waals surface area contributed by atoms with Gasteiger partial charge in [-0.15, -0.1) is 0 Å². The zero-order valence-corrected chi connectivity index (χ0v) is 6.32. The van der Waals surface area contributed by atoms with Crippen LogP contribution in [0.15, 0.2) is 0 Å². The van der Waals surface area contributed by atoms with Crippen molar-refractivity contribution in [2.45, 2.75) is 38.8 Å². The number of hydrogen-bond acceptors (Lipinski definition) is 3. The summed E-state index contributed by atoms with van der Waals surface area (Å²) in [7, 11) is 0. The molecule has 2 N–H and O–H groups in total. The Morgan fingerprint density at radius 1 is 1.30 bits per heavy atom. The first-order valence-corrected chi connectivity index (χ1v) is 3.63. The molecule has 1 saturated heterocycles. The Kier molecular flexibility index (Phi) is 2.28. The molecule has 1 heterocycles. The molecule has 0 radical (unpaired) electrons. The first-order valence-electron chi connectivity index (χ1n) is 3.63. The molecule has 0 aromatic heterocycles. The second kappa shape index (κ2) is 2.86. The average molecular weight is 146 g/mol. The van der Waals surface area contributed by atoms with Crippen LogP contribution in [-0.4, -0.2) is 28.7 Å². The van der Waals surface area contributed by atoms with E-state index in [0.717, 1.165) is 0 Å². The highest BCUT2D eigenvalue weighted by molar-refractivity contribution is 4.76. The van der Waals surface area contributed by atoms with Crippen LogP contribution in [0.3, 0.4) is 0 Å². The van der Waals surface area contributed by atoms with Gasteiger partial charge in [0.1, 0.15) is 0 Å². The molecule has 60 valence electrons. The zero-order valence-electron chi connectivity index (χ0n) is 6.32. The van der Waals surface area contributed by atoms with Gasteiger partial charge in [-0.05, 0) is 12.8 Å². The van der Waals surface area contributed by atoms with Crippen LogP contribution in [0, 0.1) is 5.92 Å². The second-order valence-corrected chi connectivity index (χ2v) is 3.00. The monoisotopic (exact) mass is 146 g/mol. The number of rotatable bonds is 0. The molecule has 3 nitrogen and oxygen atoms in total. The van der Waals surface area contributed by atoms with E-state index < -0.39 is 12.4 Å². The van der Waals surface area contributed by atoms with Crippen LogP contribution in [0.25, 0.3) is 0 Å². The summed E-state index contributed by atoms with van der Waals surface area (Å²) in [4.78, 5) is 0. The third kappa shape index (κ3) is 1.48. The molecule has 0 amide bonds. The summed E-state index contributed by atoms with van der Waals surface area (Å²) >= 11 is 0. The van der Waals surface area contributed by atoms with Crippen molar-refractivity contribution in [3.05, 3.63) is 0 Å². The maximum Gasteiger partial charge on any atom is 0.155 e. The van der Waals surface area contributed by atoms with Crippen LogP contribution in [0.2, 0.25) is 0 Å². The molecule has 1 rings (SSSR count). The van der Waals surface area contributed by atoms with Crippen LogP contribution < -0.4 is 0 Å². The van der Waals surface area contributed by atoms with Crippen LogP contribution in [0.1, 0.15) is 20.3 Å². The second-order valence-electron chi connectivity index (χ2n) is 3.00. The number of hydrogen-bond donors (Lipinski definition) is 2. The Morgan fingerprint density at radius 3 is 2.40 bits per heavy atom. The number of ether oxygens (including phenoxy) is 1. The van der Waals surface area contributed by atoms with E-state index in [1.165, 1.54) is 0 Å². The Hall–Kier alpha value is -0.120. The standard InChI is InChI=1S/C7H14O3/c1-4-3-6(8)10-5(2)7(4)9/h4-9H,3H2,1-2H3/t4-,5+,6-,7+/m0/s1. The van der Waals surface area contributed by atoms with Gasteiger partial charge in [0, 0.05) is 6.42 Å². The molecule has 0 spiro atoms. The summed E-state index contributed by atoms with van der Waals surface area (Å²) in [5, 5.41) is 18.4. The molecule has 1 aliphatic rings. The highest BCUT2D eigenvalue weighted by Gasteiger charge is 2.30. The van der Waals surface area contributed by atoms with Crippen molar-refractivity contribution in [1.29, 1.82) is 0 Å². The maximum absolute atomic E-state index is 9.33. The molecular weight excluding hydrogens is 132 g/mol. The summed E-state index contributed by atoms with van der Waals surface area (Å²) < 4.78 is 4.97. The van der Waals surface area contributed by atoms with E-state index >= 15 is 0 Å². The van der Waals surface area contributed by atoms with Gasteiger partial charge in [-0.1, -0.05) is 6.92 Å². The predicted molar refractivity (Wildman–Crippen MR) is 36.3 cm³/mol. The summed E-state index contributed by atoms with van der Waals surface area (Å²) in [6.45, 7) is 3.68. The van der Waals surface area contributed by atoms with E-state index in [1.54, 1.807) is 6.92 Å². The predicted octanol–water partition coefficient (Wildman–Crippen LogP) is 0.111. The Labute approximate surface area is 60.6 Å². The topological polar surface area (TPSA) is 49.7 Å².